The van der Waals surface area contributed by atoms with Gasteiger partial charge in [0.2, 0.25) is 0 Å². The number of rotatable bonds is 7. The second-order valence-corrected chi connectivity index (χ2v) is 5.92. The molecule has 0 fully saturated rings. The topological polar surface area (TPSA) is 38.3 Å². The highest BCUT2D eigenvalue weighted by Crippen LogP contribution is 2.11. The molecule has 0 spiro atoms. The summed E-state index contributed by atoms with van der Waals surface area (Å²) >= 11 is 3.42. The monoisotopic (exact) mass is 361 g/mol. The summed E-state index contributed by atoms with van der Waals surface area (Å²) in [5, 5.41) is 3.30. The number of nitrogens with one attached hydrogen (secondary N) is 1. The Labute approximate surface area is 139 Å². The summed E-state index contributed by atoms with van der Waals surface area (Å²) in [5.41, 5.74) is 2.24. The smallest absolute Gasteiger partial charge is 0.323 e. The largest absolute Gasteiger partial charge is 0.465 e. The summed E-state index contributed by atoms with van der Waals surface area (Å²) in [6.07, 6.45) is 0.621. The molecule has 0 amide bonds. The zero-order chi connectivity index (χ0) is 15.8. The molecule has 116 valence electrons. The van der Waals surface area contributed by atoms with Crippen molar-refractivity contribution < 1.29 is 9.53 Å². The molecule has 1 atom stereocenters. The van der Waals surface area contributed by atoms with E-state index in [4.69, 9.17) is 4.74 Å². The maximum atomic E-state index is 12.1. The van der Waals surface area contributed by atoms with Gasteiger partial charge in [0.05, 0.1) is 6.61 Å². The van der Waals surface area contributed by atoms with E-state index in [1.54, 1.807) is 0 Å². The summed E-state index contributed by atoms with van der Waals surface area (Å²) in [4.78, 5) is 12.1. The number of carbonyl (C=O) groups is 1. The first-order valence-electron chi connectivity index (χ1n) is 7.37. The maximum absolute atomic E-state index is 12.1. The molecule has 2 aromatic carbocycles. The quantitative estimate of drug-likeness (QED) is 0.763. The fourth-order valence-corrected chi connectivity index (χ4v) is 2.44. The van der Waals surface area contributed by atoms with Crippen LogP contribution in [0.1, 0.15) is 18.1 Å². The minimum Gasteiger partial charge on any atom is -0.465 e. The van der Waals surface area contributed by atoms with Crippen LogP contribution in [0.25, 0.3) is 0 Å². The Balaban J connectivity index is 2.00. The van der Waals surface area contributed by atoms with Crippen molar-refractivity contribution in [2.45, 2.75) is 25.9 Å². The van der Waals surface area contributed by atoms with Gasteiger partial charge < -0.3 is 10.1 Å². The van der Waals surface area contributed by atoms with Gasteiger partial charge in [0.1, 0.15) is 6.04 Å². The molecule has 4 heteroatoms. The Kier molecular flexibility index (Phi) is 6.62. The van der Waals surface area contributed by atoms with Gasteiger partial charge in [-0.3, -0.25) is 4.79 Å². The van der Waals surface area contributed by atoms with Crippen molar-refractivity contribution in [3.63, 3.8) is 0 Å². The molecule has 22 heavy (non-hydrogen) atoms. The SMILES string of the molecule is CCOC(=O)C(Cc1ccccc1)NCc1ccc(Br)cc1. The first-order chi connectivity index (χ1) is 10.7. The minimum absolute atomic E-state index is 0.205. The van der Waals surface area contributed by atoms with Crippen molar-refractivity contribution in [1.82, 2.24) is 5.32 Å². The number of benzene rings is 2. The molecule has 0 aliphatic heterocycles. The molecule has 0 saturated carbocycles. The molecule has 0 aliphatic carbocycles. The summed E-state index contributed by atoms with van der Waals surface area (Å²) in [7, 11) is 0. The minimum atomic E-state index is -0.342. The molecule has 0 heterocycles. The highest BCUT2D eigenvalue weighted by Gasteiger charge is 2.19. The second kappa shape index (κ2) is 8.71. The van der Waals surface area contributed by atoms with Crippen LogP contribution in [-0.4, -0.2) is 18.6 Å². The third kappa shape index (κ3) is 5.28. The third-order valence-electron chi connectivity index (χ3n) is 3.32. The summed E-state index contributed by atoms with van der Waals surface area (Å²) < 4.78 is 6.22. The Hall–Kier alpha value is -1.65. The summed E-state index contributed by atoms with van der Waals surface area (Å²) in [6, 6.07) is 17.7. The molecular formula is C18H20BrNO2. The predicted octanol–water partition coefficient (Wildman–Crippen LogP) is 3.71. The maximum Gasteiger partial charge on any atom is 0.323 e. The van der Waals surface area contributed by atoms with E-state index in [1.165, 1.54) is 0 Å². The van der Waals surface area contributed by atoms with E-state index in [0.29, 0.717) is 19.6 Å². The van der Waals surface area contributed by atoms with Crippen LogP contribution in [0, 0.1) is 0 Å². The first-order valence-corrected chi connectivity index (χ1v) is 8.16. The van der Waals surface area contributed by atoms with Gasteiger partial charge in [-0.2, -0.15) is 0 Å². The van der Waals surface area contributed by atoms with Crippen molar-refractivity contribution in [3.8, 4) is 0 Å². The average molecular weight is 362 g/mol. The van der Waals surface area contributed by atoms with E-state index >= 15 is 0 Å². The van der Waals surface area contributed by atoms with Gasteiger partial charge in [-0.1, -0.05) is 58.4 Å². The van der Waals surface area contributed by atoms with Crippen LogP contribution in [0.2, 0.25) is 0 Å². The number of carbonyl (C=O) groups excluding carboxylic acids is 1. The molecule has 3 nitrogen and oxygen atoms in total. The van der Waals surface area contributed by atoms with E-state index in [-0.39, 0.29) is 12.0 Å². The van der Waals surface area contributed by atoms with Crippen LogP contribution in [0.5, 0.6) is 0 Å². The lowest BCUT2D eigenvalue weighted by Crippen LogP contribution is -2.39. The highest BCUT2D eigenvalue weighted by molar-refractivity contribution is 9.10. The number of ether oxygens (including phenoxy) is 1. The Morgan fingerprint density at radius 2 is 1.77 bits per heavy atom. The molecule has 2 aromatic rings. The van der Waals surface area contributed by atoms with Crippen LogP contribution in [0.4, 0.5) is 0 Å². The molecule has 1 N–H and O–H groups in total. The van der Waals surface area contributed by atoms with Gasteiger partial charge >= 0.3 is 5.97 Å². The molecule has 1 unspecified atom stereocenters. The number of hydrogen-bond acceptors (Lipinski definition) is 3. The van der Waals surface area contributed by atoms with Crippen LogP contribution in [-0.2, 0) is 22.5 Å². The van der Waals surface area contributed by atoms with Crippen molar-refractivity contribution in [2.24, 2.45) is 0 Å². The van der Waals surface area contributed by atoms with Crippen molar-refractivity contribution >= 4 is 21.9 Å². The Morgan fingerprint density at radius 3 is 2.41 bits per heavy atom. The normalized spacial score (nSPS) is 11.9. The fourth-order valence-electron chi connectivity index (χ4n) is 2.17. The third-order valence-corrected chi connectivity index (χ3v) is 3.85. The van der Waals surface area contributed by atoms with E-state index in [0.717, 1.165) is 15.6 Å². The van der Waals surface area contributed by atoms with Crippen LogP contribution < -0.4 is 5.32 Å². The molecule has 2 rings (SSSR count). The van der Waals surface area contributed by atoms with Gasteiger partial charge in [-0.15, -0.1) is 0 Å². The van der Waals surface area contributed by atoms with Gasteiger partial charge in [-0.25, -0.2) is 0 Å². The van der Waals surface area contributed by atoms with Crippen LogP contribution in [0.15, 0.2) is 59.1 Å². The van der Waals surface area contributed by atoms with Crippen LogP contribution >= 0.6 is 15.9 Å². The van der Waals surface area contributed by atoms with Gasteiger partial charge in [0.15, 0.2) is 0 Å². The fraction of sp³-hybridized carbons (Fsp3) is 0.278. The number of esters is 1. The number of hydrogen-bond donors (Lipinski definition) is 1. The standard InChI is InChI=1S/C18H20BrNO2/c1-2-22-18(21)17(12-14-6-4-3-5-7-14)20-13-15-8-10-16(19)11-9-15/h3-11,17,20H,2,12-13H2,1H3. The Morgan fingerprint density at radius 1 is 1.09 bits per heavy atom. The van der Waals surface area contributed by atoms with E-state index in [9.17, 15) is 4.79 Å². The number of halogens is 1. The summed E-state index contributed by atoms with van der Waals surface area (Å²) in [5.74, 6) is -0.205. The second-order valence-electron chi connectivity index (χ2n) is 5.00. The predicted molar refractivity (Wildman–Crippen MR) is 91.5 cm³/mol. The van der Waals surface area contributed by atoms with E-state index in [2.05, 4.69) is 21.2 Å². The molecule has 0 bridgehead atoms. The van der Waals surface area contributed by atoms with Gasteiger partial charge in [0, 0.05) is 11.0 Å². The van der Waals surface area contributed by atoms with Gasteiger partial charge in [-0.05, 0) is 36.6 Å². The van der Waals surface area contributed by atoms with E-state index < -0.39 is 0 Å². The molecule has 0 radical (unpaired) electrons. The van der Waals surface area contributed by atoms with Crippen molar-refractivity contribution in [1.29, 1.82) is 0 Å². The Bertz CT molecular complexity index is 584. The summed E-state index contributed by atoms with van der Waals surface area (Å²) in [6.45, 7) is 2.85. The van der Waals surface area contributed by atoms with Gasteiger partial charge in [0.25, 0.3) is 0 Å². The van der Waals surface area contributed by atoms with E-state index in [1.807, 2.05) is 61.5 Å². The zero-order valence-electron chi connectivity index (χ0n) is 12.6. The van der Waals surface area contributed by atoms with Crippen molar-refractivity contribution in [2.75, 3.05) is 6.61 Å². The lowest BCUT2D eigenvalue weighted by atomic mass is 10.1. The molecule has 0 aliphatic rings. The zero-order valence-corrected chi connectivity index (χ0v) is 14.2. The molecule has 0 aromatic heterocycles. The van der Waals surface area contributed by atoms with Crippen LogP contribution in [0.3, 0.4) is 0 Å². The lowest BCUT2D eigenvalue weighted by Gasteiger charge is -2.17. The molecular weight excluding hydrogens is 342 g/mol. The average Bonchev–Trinajstić information content (AvgIpc) is 2.54. The van der Waals surface area contributed by atoms with Crippen molar-refractivity contribution in [3.05, 3.63) is 70.2 Å². The lowest BCUT2D eigenvalue weighted by molar-refractivity contribution is -0.145. The highest BCUT2D eigenvalue weighted by atomic mass is 79.9. The molecule has 0 saturated heterocycles. The first kappa shape index (κ1) is 16.7.